The Balaban J connectivity index is 1.71. The highest BCUT2D eigenvalue weighted by atomic mass is 35.5. The Morgan fingerprint density at radius 2 is 1.75 bits per heavy atom. The number of nitrogens with one attached hydrogen (secondary N) is 2. The Labute approximate surface area is 174 Å². The van der Waals surface area contributed by atoms with Gasteiger partial charge in [0.15, 0.2) is 0 Å². The normalized spacial score (nSPS) is 14.7. The molecule has 148 valence electrons. The van der Waals surface area contributed by atoms with E-state index in [2.05, 4.69) is 15.0 Å². The number of rotatable bonds is 4. The SMILES string of the molecule is O=C(Nc1ccc(S(=O)(=O)NC2=NCCCCC2)cc1)c1cc(Cl)ccc1Cl. The van der Waals surface area contributed by atoms with Gasteiger partial charge in [0.05, 0.1) is 15.5 Å². The minimum atomic E-state index is -3.72. The first-order valence-corrected chi connectivity index (χ1v) is 11.0. The summed E-state index contributed by atoms with van der Waals surface area (Å²) in [5.74, 6) is 0.0551. The second-order valence-electron chi connectivity index (χ2n) is 6.35. The van der Waals surface area contributed by atoms with Crippen LogP contribution in [0.3, 0.4) is 0 Å². The lowest BCUT2D eigenvalue weighted by Crippen LogP contribution is -2.30. The molecule has 0 unspecified atom stereocenters. The summed E-state index contributed by atoms with van der Waals surface area (Å²) in [5.41, 5.74) is 0.672. The molecule has 1 amide bonds. The Morgan fingerprint density at radius 3 is 2.50 bits per heavy atom. The van der Waals surface area contributed by atoms with E-state index in [0.29, 0.717) is 29.5 Å². The van der Waals surface area contributed by atoms with Crippen LogP contribution >= 0.6 is 23.2 Å². The Kier molecular flexibility index (Phi) is 6.59. The zero-order chi connectivity index (χ0) is 20.1. The fourth-order valence-corrected chi connectivity index (χ4v) is 4.22. The van der Waals surface area contributed by atoms with Crippen LogP contribution in [-0.4, -0.2) is 26.7 Å². The number of aliphatic imine (C=N–C) groups is 1. The lowest BCUT2D eigenvalue weighted by molar-refractivity contribution is 0.102. The molecule has 2 aromatic rings. The maximum Gasteiger partial charge on any atom is 0.262 e. The van der Waals surface area contributed by atoms with E-state index < -0.39 is 15.9 Å². The minimum absolute atomic E-state index is 0.0956. The highest BCUT2D eigenvalue weighted by Crippen LogP contribution is 2.22. The van der Waals surface area contributed by atoms with Crippen molar-refractivity contribution in [1.29, 1.82) is 0 Å². The average molecular weight is 440 g/mol. The molecule has 0 radical (unpaired) electrons. The van der Waals surface area contributed by atoms with Crippen LogP contribution in [0.15, 0.2) is 52.4 Å². The Hall–Kier alpha value is -2.09. The van der Waals surface area contributed by atoms with Crippen LogP contribution in [0.1, 0.15) is 36.0 Å². The number of benzene rings is 2. The molecule has 6 nitrogen and oxygen atoms in total. The van der Waals surface area contributed by atoms with E-state index in [1.54, 1.807) is 6.07 Å². The van der Waals surface area contributed by atoms with Crippen molar-refractivity contribution in [2.24, 2.45) is 4.99 Å². The van der Waals surface area contributed by atoms with Crippen molar-refractivity contribution in [3.05, 3.63) is 58.1 Å². The van der Waals surface area contributed by atoms with E-state index in [1.807, 2.05) is 0 Å². The first-order valence-electron chi connectivity index (χ1n) is 8.78. The van der Waals surface area contributed by atoms with Gasteiger partial charge in [0, 0.05) is 23.7 Å². The van der Waals surface area contributed by atoms with Crippen molar-refractivity contribution in [3.8, 4) is 0 Å². The molecule has 0 saturated carbocycles. The third-order valence-corrected chi connectivity index (χ3v) is 6.18. The van der Waals surface area contributed by atoms with Gasteiger partial charge in [-0.1, -0.05) is 29.6 Å². The van der Waals surface area contributed by atoms with E-state index in [-0.39, 0.29) is 15.5 Å². The van der Waals surface area contributed by atoms with Crippen molar-refractivity contribution < 1.29 is 13.2 Å². The molecule has 9 heteroatoms. The molecule has 1 aliphatic rings. The van der Waals surface area contributed by atoms with Gasteiger partial charge in [-0.05, 0) is 55.3 Å². The van der Waals surface area contributed by atoms with E-state index >= 15 is 0 Å². The van der Waals surface area contributed by atoms with Gasteiger partial charge in [-0.2, -0.15) is 0 Å². The molecule has 1 heterocycles. The van der Waals surface area contributed by atoms with Crippen LogP contribution in [0.25, 0.3) is 0 Å². The van der Waals surface area contributed by atoms with Gasteiger partial charge in [0.25, 0.3) is 15.9 Å². The predicted molar refractivity (Wildman–Crippen MR) is 112 cm³/mol. The highest BCUT2D eigenvalue weighted by molar-refractivity contribution is 7.90. The van der Waals surface area contributed by atoms with Crippen molar-refractivity contribution in [2.75, 3.05) is 11.9 Å². The summed E-state index contributed by atoms with van der Waals surface area (Å²) in [4.78, 5) is 16.7. The summed E-state index contributed by atoms with van der Waals surface area (Å²) in [5, 5.41) is 3.34. The van der Waals surface area contributed by atoms with Gasteiger partial charge < -0.3 is 5.32 Å². The number of nitrogens with zero attached hydrogens (tertiary/aromatic N) is 1. The topological polar surface area (TPSA) is 87.6 Å². The van der Waals surface area contributed by atoms with Crippen molar-refractivity contribution in [2.45, 2.75) is 30.6 Å². The van der Waals surface area contributed by atoms with E-state index in [0.717, 1.165) is 19.3 Å². The third-order valence-electron chi connectivity index (χ3n) is 4.22. The zero-order valence-corrected chi connectivity index (χ0v) is 17.2. The summed E-state index contributed by atoms with van der Waals surface area (Å²) in [6, 6.07) is 10.5. The molecule has 0 saturated heterocycles. The first kappa shape index (κ1) is 20.6. The number of amides is 1. The minimum Gasteiger partial charge on any atom is -0.322 e. The molecule has 3 rings (SSSR count). The van der Waals surface area contributed by atoms with Crippen molar-refractivity contribution in [1.82, 2.24) is 4.72 Å². The molecular weight excluding hydrogens is 421 g/mol. The molecule has 28 heavy (non-hydrogen) atoms. The first-order chi connectivity index (χ1) is 13.3. The summed E-state index contributed by atoms with van der Waals surface area (Å²) < 4.78 is 27.6. The van der Waals surface area contributed by atoms with Gasteiger partial charge in [0.2, 0.25) is 0 Å². The monoisotopic (exact) mass is 439 g/mol. The smallest absolute Gasteiger partial charge is 0.262 e. The highest BCUT2D eigenvalue weighted by Gasteiger charge is 2.18. The number of hydrogen-bond donors (Lipinski definition) is 2. The number of hydrogen-bond acceptors (Lipinski definition) is 4. The predicted octanol–water partition coefficient (Wildman–Crippen LogP) is 4.50. The molecule has 2 aromatic carbocycles. The van der Waals surface area contributed by atoms with Crippen LogP contribution in [0.2, 0.25) is 10.0 Å². The van der Waals surface area contributed by atoms with Crippen LogP contribution < -0.4 is 10.0 Å². The molecule has 0 atom stereocenters. The zero-order valence-electron chi connectivity index (χ0n) is 14.9. The molecule has 0 spiro atoms. The number of anilines is 1. The van der Waals surface area contributed by atoms with E-state index in [1.165, 1.54) is 36.4 Å². The van der Waals surface area contributed by atoms with E-state index in [4.69, 9.17) is 23.2 Å². The van der Waals surface area contributed by atoms with Crippen LogP contribution in [-0.2, 0) is 10.0 Å². The summed E-state index contributed by atoms with van der Waals surface area (Å²) in [6.45, 7) is 0.634. The maximum absolute atomic E-state index is 12.5. The Morgan fingerprint density at radius 1 is 1.00 bits per heavy atom. The summed E-state index contributed by atoms with van der Waals surface area (Å²) in [7, 11) is -3.72. The lowest BCUT2D eigenvalue weighted by Gasteiger charge is -2.11. The van der Waals surface area contributed by atoms with Crippen LogP contribution in [0.5, 0.6) is 0 Å². The second-order valence-corrected chi connectivity index (χ2v) is 8.87. The van der Waals surface area contributed by atoms with Crippen molar-refractivity contribution >= 4 is 50.7 Å². The Bertz CT molecular complexity index is 1010. The fourth-order valence-electron chi connectivity index (χ4n) is 2.76. The van der Waals surface area contributed by atoms with Crippen LogP contribution in [0, 0.1) is 0 Å². The van der Waals surface area contributed by atoms with Gasteiger partial charge in [-0.15, -0.1) is 0 Å². The standard InChI is InChI=1S/C19H19Cl2N3O3S/c20-13-5-10-17(21)16(12-13)19(25)23-14-6-8-15(9-7-14)28(26,27)24-18-4-2-1-3-11-22-18/h5-10,12H,1-4,11H2,(H,22,24)(H,23,25). The largest absolute Gasteiger partial charge is 0.322 e. The number of sulfonamides is 1. The number of halogens is 2. The van der Waals surface area contributed by atoms with Gasteiger partial charge >= 0.3 is 0 Å². The van der Waals surface area contributed by atoms with Crippen LogP contribution in [0.4, 0.5) is 5.69 Å². The quantitative estimate of drug-likeness (QED) is 0.734. The fraction of sp³-hybridized carbons (Fsp3) is 0.263. The maximum atomic E-state index is 12.5. The number of carbonyl (C=O) groups is 1. The summed E-state index contributed by atoms with van der Waals surface area (Å²) >= 11 is 11.9. The molecule has 2 N–H and O–H groups in total. The third kappa shape index (κ3) is 5.25. The molecular formula is C19H19Cl2N3O3S. The molecule has 0 aliphatic carbocycles. The van der Waals surface area contributed by atoms with Gasteiger partial charge in [0.1, 0.15) is 5.84 Å². The number of carbonyl (C=O) groups excluding carboxylic acids is 1. The molecule has 0 aromatic heterocycles. The van der Waals surface area contributed by atoms with Gasteiger partial charge in [-0.25, -0.2) is 8.42 Å². The number of amidine groups is 1. The molecule has 0 fully saturated rings. The average Bonchev–Trinajstić information content (AvgIpc) is 2.92. The molecule has 0 bridgehead atoms. The van der Waals surface area contributed by atoms with Gasteiger partial charge in [-0.3, -0.25) is 14.5 Å². The summed E-state index contributed by atoms with van der Waals surface area (Å²) in [6.07, 6.45) is 3.54. The molecule has 1 aliphatic heterocycles. The van der Waals surface area contributed by atoms with Crippen molar-refractivity contribution in [3.63, 3.8) is 0 Å². The lowest BCUT2D eigenvalue weighted by atomic mass is 10.2. The van der Waals surface area contributed by atoms with E-state index in [9.17, 15) is 13.2 Å². The second kappa shape index (κ2) is 8.94.